The van der Waals surface area contributed by atoms with Crippen LogP contribution in [-0.4, -0.2) is 51.0 Å². The molecule has 2 amide bonds. The fraction of sp³-hybridized carbons (Fsp3) is 0.300. The molecule has 162 valence electrons. The molecule has 2 aromatic rings. The van der Waals surface area contributed by atoms with Crippen LogP contribution in [0.1, 0.15) is 12.5 Å². The molecule has 0 fully saturated rings. The average molecular weight is 500 g/mol. The molecule has 1 atom stereocenters. The molecular weight excluding hydrogens is 477 g/mol. The van der Waals surface area contributed by atoms with Crippen LogP contribution < -0.4 is 9.62 Å². The molecule has 0 aliphatic rings. The van der Waals surface area contributed by atoms with Crippen molar-refractivity contribution in [2.45, 2.75) is 19.5 Å². The number of carbonyl (C=O) groups excluding carboxylic acids is 2. The zero-order valence-electron chi connectivity index (χ0n) is 16.8. The van der Waals surface area contributed by atoms with E-state index in [0.29, 0.717) is 15.7 Å². The Morgan fingerprint density at radius 3 is 2.33 bits per heavy atom. The molecule has 0 saturated carbocycles. The molecule has 1 unspecified atom stereocenters. The molecule has 10 heteroatoms. The minimum absolute atomic E-state index is 0.0176. The number of amides is 2. The molecule has 0 aliphatic heterocycles. The second-order valence-electron chi connectivity index (χ2n) is 6.69. The summed E-state index contributed by atoms with van der Waals surface area (Å²) in [5.41, 5.74) is 0.920. The first-order valence-electron chi connectivity index (χ1n) is 9.01. The predicted molar refractivity (Wildman–Crippen MR) is 117 cm³/mol. The summed E-state index contributed by atoms with van der Waals surface area (Å²) in [4.78, 5) is 26.6. The summed E-state index contributed by atoms with van der Waals surface area (Å²) in [6, 6.07) is 11.2. The number of rotatable bonds is 8. The largest absolute Gasteiger partial charge is 0.357 e. The number of sulfonamides is 1. The Morgan fingerprint density at radius 1 is 1.17 bits per heavy atom. The number of likely N-dealkylation sites (N-methyl/N-ethyl adjacent to an activating group) is 1. The predicted octanol–water partition coefficient (Wildman–Crippen LogP) is 2.52. The van der Waals surface area contributed by atoms with Gasteiger partial charge in [-0.25, -0.2) is 12.8 Å². The summed E-state index contributed by atoms with van der Waals surface area (Å²) >= 11 is 3.29. The molecule has 0 aliphatic carbocycles. The van der Waals surface area contributed by atoms with Gasteiger partial charge in [0.15, 0.2) is 0 Å². The Balaban J connectivity index is 2.36. The second-order valence-corrected chi connectivity index (χ2v) is 9.51. The van der Waals surface area contributed by atoms with E-state index < -0.39 is 40.2 Å². The first-order valence-corrected chi connectivity index (χ1v) is 11.7. The van der Waals surface area contributed by atoms with Crippen molar-refractivity contribution in [2.75, 3.05) is 24.2 Å². The number of anilines is 1. The number of carbonyl (C=O) groups is 2. The summed E-state index contributed by atoms with van der Waals surface area (Å²) in [5, 5.41) is 2.49. The topological polar surface area (TPSA) is 86.8 Å². The number of nitrogens with zero attached hydrogens (tertiary/aromatic N) is 2. The summed E-state index contributed by atoms with van der Waals surface area (Å²) in [6.45, 7) is 1.08. The van der Waals surface area contributed by atoms with Crippen LogP contribution in [0.2, 0.25) is 0 Å². The average Bonchev–Trinajstić information content (AvgIpc) is 2.69. The van der Waals surface area contributed by atoms with Gasteiger partial charge in [0.1, 0.15) is 18.4 Å². The number of nitrogens with one attached hydrogen (secondary N) is 1. The van der Waals surface area contributed by atoms with Gasteiger partial charge in [-0.05, 0) is 42.8 Å². The minimum Gasteiger partial charge on any atom is -0.357 e. The SMILES string of the molecule is CNC(=O)C(C)N(Cc1ccc(F)cc1)C(=O)CN(c1cccc(Br)c1)S(C)(=O)=O. The third-order valence-corrected chi connectivity index (χ3v) is 6.09. The highest BCUT2D eigenvalue weighted by atomic mass is 79.9. The highest BCUT2D eigenvalue weighted by molar-refractivity contribution is 9.10. The highest BCUT2D eigenvalue weighted by Crippen LogP contribution is 2.23. The fourth-order valence-electron chi connectivity index (χ4n) is 2.82. The maximum absolute atomic E-state index is 13.2. The van der Waals surface area contributed by atoms with Crippen molar-refractivity contribution in [2.24, 2.45) is 0 Å². The number of benzene rings is 2. The standard InChI is InChI=1S/C20H23BrFN3O4S/c1-14(20(27)23-2)24(12-15-7-9-17(22)10-8-15)19(26)13-25(30(3,28)29)18-6-4-5-16(21)11-18/h4-11,14H,12-13H2,1-3H3,(H,23,27). The third-order valence-electron chi connectivity index (χ3n) is 4.46. The van der Waals surface area contributed by atoms with Crippen LogP contribution in [0.5, 0.6) is 0 Å². The van der Waals surface area contributed by atoms with Gasteiger partial charge in [0.25, 0.3) is 0 Å². The fourth-order valence-corrected chi connectivity index (χ4v) is 4.05. The Labute approximate surface area is 184 Å². The molecule has 0 bridgehead atoms. The van der Waals surface area contributed by atoms with Crippen LogP contribution in [-0.2, 0) is 26.2 Å². The van der Waals surface area contributed by atoms with E-state index in [-0.39, 0.29) is 6.54 Å². The number of hydrogen-bond donors (Lipinski definition) is 1. The number of hydrogen-bond acceptors (Lipinski definition) is 4. The lowest BCUT2D eigenvalue weighted by Gasteiger charge is -2.31. The first kappa shape index (κ1) is 23.8. The van der Waals surface area contributed by atoms with E-state index in [1.807, 2.05) is 0 Å². The van der Waals surface area contributed by atoms with E-state index in [9.17, 15) is 22.4 Å². The molecule has 0 heterocycles. The van der Waals surface area contributed by atoms with E-state index in [1.165, 1.54) is 36.2 Å². The van der Waals surface area contributed by atoms with Gasteiger partial charge in [0.05, 0.1) is 11.9 Å². The van der Waals surface area contributed by atoms with Crippen molar-refractivity contribution in [1.82, 2.24) is 10.2 Å². The van der Waals surface area contributed by atoms with Gasteiger partial charge in [-0.3, -0.25) is 13.9 Å². The van der Waals surface area contributed by atoms with E-state index in [2.05, 4.69) is 21.2 Å². The molecule has 0 aromatic heterocycles. The maximum atomic E-state index is 13.2. The molecule has 2 aromatic carbocycles. The zero-order chi connectivity index (χ0) is 22.5. The molecule has 0 radical (unpaired) electrons. The molecule has 2 rings (SSSR count). The monoisotopic (exact) mass is 499 g/mol. The summed E-state index contributed by atoms with van der Waals surface area (Å²) in [6.07, 6.45) is 1.01. The molecule has 7 nitrogen and oxygen atoms in total. The van der Waals surface area contributed by atoms with Crippen LogP contribution >= 0.6 is 15.9 Å². The Kier molecular flexibility index (Phi) is 7.96. The van der Waals surface area contributed by atoms with Crippen molar-refractivity contribution in [3.05, 3.63) is 64.4 Å². The minimum atomic E-state index is -3.78. The first-order chi connectivity index (χ1) is 14.0. The summed E-state index contributed by atoms with van der Waals surface area (Å²) in [5.74, 6) is -1.39. The van der Waals surface area contributed by atoms with Crippen molar-refractivity contribution in [3.63, 3.8) is 0 Å². The lowest BCUT2D eigenvalue weighted by atomic mass is 10.1. The van der Waals surface area contributed by atoms with Gasteiger partial charge in [0, 0.05) is 18.1 Å². The molecule has 30 heavy (non-hydrogen) atoms. The van der Waals surface area contributed by atoms with E-state index in [1.54, 1.807) is 31.2 Å². The summed E-state index contributed by atoms with van der Waals surface area (Å²) in [7, 11) is -2.33. The maximum Gasteiger partial charge on any atom is 0.244 e. The summed E-state index contributed by atoms with van der Waals surface area (Å²) < 4.78 is 39.6. The lowest BCUT2D eigenvalue weighted by molar-refractivity contribution is -0.139. The van der Waals surface area contributed by atoms with E-state index in [4.69, 9.17) is 0 Å². The van der Waals surface area contributed by atoms with Gasteiger partial charge >= 0.3 is 0 Å². The van der Waals surface area contributed by atoms with Crippen molar-refractivity contribution >= 4 is 43.5 Å². The molecule has 0 saturated heterocycles. The van der Waals surface area contributed by atoms with Crippen LogP contribution in [0.4, 0.5) is 10.1 Å². The van der Waals surface area contributed by atoms with Gasteiger partial charge in [-0.15, -0.1) is 0 Å². The van der Waals surface area contributed by atoms with Crippen molar-refractivity contribution in [3.8, 4) is 0 Å². The van der Waals surface area contributed by atoms with Crippen molar-refractivity contribution in [1.29, 1.82) is 0 Å². The van der Waals surface area contributed by atoms with Crippen molar-refractivity contribution < 1.29 is 22.4 Å². The second kappa shape index (κ2) is 10.0. The highest BCUT2D eigenvalue weighted by Gasteiger charge is 2.29. The van der Waals surface area contributed by atoms with E-state index >= 15 is 0 Å². The third kappa shape index (κ3) is 6.27. The van der Waals surface area contributed by atoms with Crippen LogP contribution in [0.25, 0.3) is 0 Å². The molecular formula is C20H23BrFN3O4S. The van der Waals surface area contributed by atoms with Crippen LogP contribution in [0.3, 0.4) is 0 Å². The lowest BCUT2D eigenvalue weighted by Crippen LogP contribution is -2.50. The van der Waals surface area contributed by atoms with Crippen LogP contribution in [0, 0.1) is 5.82 Å². The smallest absolute Gasteiger partial charge is 0.244 e. The molecule has 1 N–H and O–H groups in total. The van der Waals surface area contributed by atoms with Gasteiger partial charge in [-0.1, -0.05) is 34.1 Å². The Bertz CT molecular complexity index is 1010. The Morgan fingerprint density at radius 2 is 1.80 bits per heavy atom. The zero-order valence-corrected chi connectivity index (χ0v) is 19.2. The quantitative estimate of drug-likeness (QED) is 0.604. The van der Waals surface area contributed by atoms with E-state index in [0.717, 1.165) is 10.6 Å². The van der Waals surface area contributed by atoms with Crippen LogP contribution in [0.15, 0.2) is 53.0 Å². The number of halogens is 2. The Hall–Kier alpha value is -2.46. The van der Waals surface area contributed by atoms with Gasteiger partial charge < -0.3 is 10.2 Å². The molecule has 0 spiro atoms. The van der Waals surface area contributed by atoms with Gasteiger partial charge in [-0.2, -0.15) is 0 Å². The van der Waals surface area contributed by atoms with Gasteiger partial charge in [0.2, 0.25) is 21.8 Å². The normalized spacial score (nSPS) is 12.2.